The van der Waals surface area contributed by atoms with Gasteiger partial charge in [0, 0.05) is 39.4 Å². The standard InChI is InChI=1S/C14H22N4/c1-15-14(16-2)17-10-12-8-9-18(11-12)13-6-4-3-5-7-13/h3-7,12H,8-11H2,1-2H3,(H2,15,16,17). The third-order valence-corrected chi connectivity index (χ3v) is 3.43. The molecule has 0 amide bonds. The van der Waals surface area contributed by atoms with E-state index < -0.39 is 0 Å². The van der Waals surface area contributed by atoms with Crippen LogP contribution < -0.4 is 15.5 Å². The van der Waals surface area contributed by atoms with Crippen molar-refractivity contribution in [2.75, 3.05) is 38.6 Å². The number of nitrogens with one attached hydrogen (secondary N) is 2. The summed E-state index contributed by atoms with van der Waals surface area (Å²) in [6, 6.07) is 10.6. The van der Waals surface area contributed by atoms with Crippen molar-refractivity contribution in [3.8, 4) is 0 Å². The van der Waals surface area contributed by atoms with Crippen LogP contribution in [-0.2, 0) is 0 Å². The first-order valence-corrected chi connectivity index (χ1v) is 6.52. The highest BCUT2D eigenvalue weighted by Gasteiger charge is 2.22. The van der Waals surface area contributed by atoms with Gasteiger partial charge in [-0.05, 0) is 24.5 Å². The Morgan fingerprint density at radius 2 is 2.17 bits per heavy atom. The molecule has 0 aliphatic carbocycles. The van der Waals surface area contributed by atoms with E-state index in [2.05, 4.69) is 50.9 Å². The molecule has 1 unspecified atom stereocenters. The number of nitrogens with zero attached hydrogens (tertiary/aromatic N) is 2. The molecular formula is C14H22N4. The van der Waals surface area contributed by atoms with Gasteiger partial charge >= 0.3 is 0 Å². The fourth-order valence-electron chi connectivity index (χ4n) is 2.39. The van der Waals surface area contributed by atoms with E-state index in [0.717, 1.165) is 25.6 Å². The number of hydrogen-bond acceptors (Lipinski definition) is 2. The molecule has 2 rings (SSSR count). The molecule has 4 heteroatoms. The molecule has 1 heterocycles. The molecule has 0 radical (unpaired) electrons. The number of benzene rings is 1. The van der Waals surface area contributed by atoms with Gasteiger partial charge in [-0.3, -0.25) is 4.99 Å². The van der Waals surface area contributed by atoms with E-state index in [1.165, 1.54) is 12.1 Å². The van der Waals surface area contributed by atoms with Crippen molar-refractivity contribution in [2.24, 2.45) is 10.9 Å². The number of aliphatic imine (C=N–C) groups is 1. The Balaban J connectivity index is 1.82. The second-order valence-electron chi connectivity index (χ2n) is 4.64. The summed E-state index contributed by atoms with van der Waals surface area (Å²) in [5.74, 6) is 1.56. The first-order valence-electron chi connectivity index (χ1n) is 6.52. The summed E-state index contributed by atoms with van der Waals surface area (Å²) in [5.41, 5.74) is 1.33. The molecule has 0 aromatic heterocycles. The highest BCUT2D eigenvalue weighted by atomic mass is 15.2. The van der Waals surface area contributed by atoms with Crippen molar-refractivity contribution >= 4 is 11.6 Å². The fourth-order valence-corrected chi connectivity index (χ4v) is 2.39. The van der Waals surface area contributed by atoms with Crippen molar-refractivity contribution in [3.05, 3.63) is 30.3 Å². The molecule has 1 aromatic carbocycles. The molecule has 1 saturated heterocycles. The smallest absolute Gasteiger partial charge is 0.190 e. The Labute approximate surface area is 109 Å². The van der Waals surface area contributed by atoms with Gasteiger partial charge in [0.25, 0.3) is 0 Å². The quantitative estimate of drug-likeness (QED) is 0.624. The summed E-state index contributed by atoms with van der Waals surface area (Å²) in [6.45, 7) is 3.25. The van der Waals surface area contributed by atoms with Crippen LogP contribution in [0.25, 0.3) is 0 Å². The lowest BCUT2D eigenvalue weighted by atomic mass is 10.1. The molecule has 1 aliphatic heterocycles. The first kappa shape index (κ1) is 12.7. The highest BCUT2D eigenvalue weighted by molar-refractivity contribution is 5.79. The van der Waals surface area contributed by atoms with Gasteiger partial charge < -0.3 is 15.5 Å². The summed E-state index contributed by atoms with van der Waals surface area (Å²) in [6.07, 6.45) is 1.24. The molecule has 1 aliphatic rings. The van der Waals surface area contributed by atoms with Crippen molar-refractivity contribution in [2.45, 2.75) is 6.42 Å². The van der Waals surface area contributed by atoms with Crippen LogP contribution in [0, 0.1) is 5.92 Å². The minimum Gasteiger partial charge on any atom is -0.371 e. The normalized spacial score (nSPS) is 20.0. The number of para-hydroxylation sites is 1. The van der Waals surface area contributed by atoms with Gasteiger partial charge in [-0.25, -0.2) is 0 Å². The average Bonchev–Trinajstić information content (AvgIpc) is 2.90. The minimum atomic E-state index is 0.690. The number of rotatable bonds is 3. The third kappa shape index (κ3) is 3.15. The summed E-state index contributed by atoms with van der Waals surface area (Å²) < 4.78 is 0. The first-order chi connectivity index (χ1) is 8.83. The summed E-state index contributed by atoms with van der Waals surface area (Å²) >= 11 is 0. The van der Waals surface area contributed by atoms with Crippen LogP contribution in [0.15, 0.2) is 35.3 Å². The predicted molar refractivity (Wildman–Crippen MR) is 77.2 cm³/mol. The maximum atomic E-state index is 4.13. The monoisotopic (exact) mass is 246 g/mol. The largest absolute Gasteiger partial charge is 0.371 e. The van der Waals surface area contributed by atoms with E-state index in [1.54, 1.807) is 7.05 Å². The van der Waals surface area contributed by atoms with Crippen molar-refractivity contribution in [1.29, 1.82) is 0 Å². The van der Waals surface area contributed by atoms with Crippen molar-refractivity contribution in [1.82, 2.24) is 10.6 Å². The third-order valence-electron chi connectivity index (χ3n) is 3.43. The maximum absolute atomic E-state index is 4.13. The van der Waals surface area contributed by atoms with E-state index in [9.17, 15) is 0 Å². The van der Waals surface area contributed by atoms with Gasteiger partial charge in [-0.1, -0.05) is 18.2 Å². The van der Waals surface area contributed by atoms with Crippen LogP contribution in [0.4, 0.5) is 5.69 Å². The molecule has 18 heavy (non-hydrogen) atoms. The van der Waals surface area contributed by atoms with Crippen LogP contribution in [-0.4, -0.2) is 39.7 Å². The summed E-state index contributed by atoms with van der Waals surface area (Å²) in [7, 11) is 3.68. The van der Waals surface area contributed by atoms with Crippen LogP contribution in [0.1, 0.15) is 6.42 Å². The lowest BCUT2D eigenvalue weighted by Crippen LogP contribution is -2.38. The van der Waals surface area contributed by atoms with Crippen LogP contribution >= 0.6 is 0 Å². The van der Waals surface area contributed by atoms with Crippen LogP contribution in [0.5, 0.6) is 0 Å². The average molecular weight is 246 g/mol. The number of guanidine groups is 1. The van der Waals surface area contributed by atoms with E-state index in [-0.39, 0.29) is 0 Å². The molecular weight excluding hydrogens is 224 g/mol. The Morgan fingerprint density at radius 1 is 1.39 bits per heavy atom. The molecule has 98 valence electrons. The van der Waals surface area contributed by atoms with E-state index in [1.807, 2.05) is 7.05 Å². The minimum absolute atomic E-state index is 0.690. The Hall–Kier alpha value is -1.71. The highest BCUT2D eigenvalue weighted by Crippen LogP contribution is 2.22. The second kappa shape index (κ2) is 6.28. The maximum Gasteiger partial charge on any atom is 0.190 e. The zero-order valence-electron chi connectivity index (χ0n) is 11.2. The zero-order valence-corrected chi connectivity index (χ0v) is 11.2. The topological polar surface area (TPSA) is 39.7 Å². The van der Waals surface area contributed by atoms with Crippen molar-refractivity contribution < 1.29 is 0 Å². The molecule has 0 spiro atoms. The molecule has 0 saturated carbocycles. The summed E-state index contributed by atoms with van der Waals surface area (Å²) in [5, 5.41) is 6.39. The number of hydrogen-bond donors (Lipinski definition) is 2. The Kier molecular flexibility index (Phi) is 4.45. The van der Waals surface area contributed by atoms with Crippen LogP contribution in [0.3, 0.4) is 0 Å². The van der Waals surface area contributed by atoms with E-state index in [0.29, 0.717) is 5.92 Å². The number of anilines is 1. The zero-order chi connectivity index (χ0) is 12.8. The molecule has 1 atom stereocenters. The lowest BCUT2D eigenvalue weighted by Gasteiger charge is -2.19. The van der Waals surface area contributed by atoms with Crippen LogP contribution in [0.2, 0.25) is 0 Å². The van der Waals surface area contributed by atoms with Crippen molar-refractivity contribution in [3.63, 3.8) is 0 Å². The predicted octanol–water partition coefficient (Wildman–Crippen LogP) is 1.31. The van der Waals surface area contributed by atoms with E-state index >= 15 is 0 Å². The lowest BCUT2D eigenvalue weighted by molar-refractivity contribution is 0.568. The SMILES string of the molecule is CN=C(NC)NCC1CCN(c2ccccc2)C1. The van der Waals surface area contributed by atoms with Gasteiger partial charge in [-0.15, -0.1) is 0 Å². The van der Waals surface area contributed by atoms with Gasteiger partial charge in [0.2, 0.25) is 0 Å². The fraction of sp³-hybridized carbons (Fsp3) is 0.500. The van der Waals surface area contributed by atoms with Gasteiger partial charge in [0.15, 0.2) is 5.96 Å². The summed E-state index contributed by atoms with van der Waals surface area (Å²) in [4.78, 5) is 6.58. The van der Waals surface area contributed by atoms with Gasteiger partial charge in [0.1, 0.15) is 0 Å². The second-order valence-corrected chi connectivity index (χ2v) is 4.64. The molecule has 4 nitrogen and oxygen atoms in total. The Bertz CT molecular complexity index is 388. The molecule has 1 aromatic rings. The van der Waals surface area contributed by atoms with E-state index in [4.69, 9.17) is 0 Å². The van der Waals surface area contributed by atoms with Gasteiger partial charge in [0.05, 0.1) is 0 Å². The molecule has 1 fully saturated rings. The Morgan fingerprint density at radius 3 is 2.83 bits per heavy atom. The van der Waals surface area contributed by atoms with Gasteiger partial charge in [-0.2, -0.15) is 0 Å². The molecule has 2 N–H and O–H groups in total. The molecule has 0 bridgehead atoms.